The lowest BCUT2D eigenvalue weighted by molar-refractivity contribution is 0.0935. The summed E-state index contributed by atoms with van der Waals surface area (Å²) in [6, 6.07) is 12.2. The molecule has 0 radical (unpaired) electrons. The van der Waals surface area contributed by atoms with E-state index < -0.39 is 0 Å². The Hall–Kier alpha value is -3.28. The van der Waals surface area contributed by atoms with Crippen LogP contribution < -0.4 is 10.9 Å². The first-order valence-corrected chi connectivity index (χ1v) is 8.28. The van der Waals surface area contributed by atoms with Crippen LogP contribution in [0.15, 0.2) is 59.7 Å². The average molecular weight is 348 g/mol. The Morgan fingerprint density at radius 3 is 2.54 bits per heavy atom. The van der Waals surface area contributed by atoms with Crippen LogP contribution in [0.25, 0.3) is 0 Å². The fourth-order valence-electron chi connectivity index (χ4n) is 2.68. The van der Waals surface area contributed by atoms with Gasteiger partial charge in [0.05, 0.1) is 6.04 Å². The number of hydrogen-bond donors (Lipinski definition) is 1. The van der Waals surface area contributed by atoms with Crippen molar-refractivity contribution in [1.82, 2.24) is 20.1 Å². The highest BCUT2D eigenvalue weighted by Crippen LogP contribution is 2.24. The van der Waals surface area contributed by atoms with Crippen LogP contribution in [-0.2, 0) is 7.05 Å². The molecule has 132 valence electrons. The first-order valence-electron chi connectivity index (χ1n) is 8.28. The number of carbonyl (C=O) groups excluding carboxylic acids is 1. The van der Waals surface area contributed by atoms with E-state index in [2.05, 4.69) is 21.5 Å². The van der Waals surface area contributed by atoms with E-state index in [9.17, 15) is 9.59 Å². The molecule has 3 aromatic rings. The molecule has 0 aliphatic heterocycles. The lowest BCUT2D eigenvalue weighted by atomic mass is 9.96. The minimum atomic E-state index is -0.366. The molecule has 1 atom stereocenters. The average Bonchev–Trinajstić information content (AvgIpc) is 2.65. The largest absolute Gasteiger partial charge is 0.340 e. The molecule has 0 bridgehead atoms. The maximum absolute atomic E-state index is 12.7. The lowest BCUT2D eigenvalue weighted by Crippen LogP contribution is -2.32. The molecule has 3 rings (SSSR count). The van der Waals surface area contributed by atoms with Crippen LogP contribution in [0.2, 0.25) is 0 Å². The third kappa shape index (κ3) is 3.69. The molecule has 0 saturated carbocycles. The van der Waals surface area contributed by atoms with Crippen molar-refractivity contribution in [3.63, 3.8) is 0 Å². The molecule has 2 heterocycles. The molecular formula is C20H20N4O2. The fraction of sp³-hybridized carbons (Fsp3) is 0.200. The Morgan fingerprint density at radius 2 is 1.88 bits per heavy atom. The molecule has 1 N–H and O–H groups in total. The van der Waals surface area contributed by atoms with Gasteiger partial charge in [-0.05, 0) is 48.2 Å². The first kappa shape index (κ1) is 17.5. The van der Waals surface area contributed by atoms with E-state index in [1.807, 2.05) is 38.1 Å². The Morgan fingerprint density at radius 1 is 1.08 bits per heavy atom. The van der Waals surface area contributed by atoms with Crippen LogP contribution in [0.1, 0.15) is 38.8 Å². The predicted molar refractivity (Wildman–Crippen MR) is 98.9 cm³/mol. The third-order valence-corrected chi connectivity index (χ3v) is 4.35. The number of carbonyl (C=O) groups is 1. The number of nitrogens with one attached hydrogen (secondary N) is 1. The normalized spacial score (nSPS) is 11.8. The minimum absolute atomic E-state index is 0.185. The second-order valence-electron chi connectivity index (χ2n) is 6.22. The topological polar surface area (TPSA) is 76.9 Å². The van der Waals surface area contributed by atoms with Crippen molar-refractivity contribution in [3.8, 4) is 0 Å². The van der Waals surface area contributed by atoms with E-state index >= 15 is 0 Å². The van der Waals surface area contributed by atoms with Gasteiger partial charge in [0.15, 0.2) is 0 Å². The minimum Gasteiger partial charge on any atom is -0.340 e. The molecule has 1 unspecified atom stereocenters. The summed E-state index contributed by atoms with van der Waals surface area (Å²) in [5.41, 5.74) is 4.08. The van der Waals surface area contributed by atoms with Crippen molar-refractivity contribution in [2.45, 2.75) is 19.9 Å². The highest BCUT2D eigenvalue weighted by molar-refractivity contribution is 5.92. The van der Waals surface area contributed by atoms with Gasteiger partial charge in [0, 0.05) is 25.5 Å². The van der Waals surface area contributed by atoms with Gasteiger partial charge >= 0.3 is 0 Å². The highest BCUT2D eigenvalue weighted by Gasteiger charge is 2.19. The van der Waals surface area contributed by atoms with Crippen LogP contribution in [-0.4, -0.2) is 20.7 Å². The summed E-state index contributed by atoms with van der Waals surface area (Å²) in [5, 5.41) is 7.02. The van der Waals surface area contributed by atoms with Gasteiger partial charge in [-0.2, -0.15) is 5.10 Å². The van der Waals surface area contributed by atoms with Crippen LogP contribution in [0.5, 0.6) is 0 Å². The molecule has 0 aliphatic rings. The number of aromatic nitrogens is 3. The Labute approximate surface area is 151 Å². The number of hydrogen-bond acceptors (Lipinski definition) is 4. The van der Waals surface area contributed by atoms with Gasteiger partial charge in [0.25, 0.3) is 11.5 Å². The molecule has 2 aromatic heterocycles. The van der Waals surface area contributed by atoms with E-state index in [1.54, 1.807) is 12.4 Å². The van der Waals surface area contributed by atoms with E-state index in [-0.39, 0.29) is 23.2 Å². The van der Waals surface area contributed by atoms with E-state index in [0.29, 0.717) is 0 Å². The number of amides is 1. The Balaban J connectivity index is 1.98. The zero-order chi connectivity index (χ0) is 18.7. The monoisotopic (exact) mass is 348 g/mol. The van der Waals surface area contributed by atoms with Crippen molar-refractivity contribution in [1.29, 1.82) is 0 Å². The van der Waals surface area contributed by atoms with Gasteiger partial charge in [-0.15, -0.1) is 0 Å². The zero-order valence-corrected chi connectivity index (χ0v) is 14.9. The van der Waals surface area contributed by atoms with Gasteiger partial charge in [-0.3, -0.25) is 14.6 Å². The van der Waals surface area contributed by atoms with Gasteiger partial charge in [0.2, 0.25) is 0 Å². The summed E-state index contributed by atoms with van der Waals surface area (Å²) in [6.45, 7) is 4.08. The maximum atomic E-state index is 12.7. The highest BCUT2D eigenvalue weighted by atomic mass is 16.2. The number of nitrogens with zero attached hydrogens (tertiary/aromatic N) is 3. The second kappa shape index (κ2) is 7.31. The number of aryl methyl sites for hydroxylation is 3. The zero-order valence-electron chi connectivity index (χ0n) is 14.9. The molecule has 0 aliphatic carbocycles. The van der Waals surface area contributed by atoms with Crippen LogP contribution in [0.4, 0.5) is 0 Å². The molecule has 1 amide bonds. The van der Waals surface area contributed by atoms with Crippen molar-refractivity contribution >= 4 is 5.91 Å². The fourth-order valence-corrected chi connectivity index (χ4v) is 2.68. The molecule has 0 saturated heterocycles. The van der Waals surface area contributed by atoms with E-state index in [4.69, 9.17) is 0 Å². The first-order chi connectivity index (χ1) is 12.5. The molecule has 6 nitrogen and oxygen atoms in total. The van der Waals surface area contributed by atoms with Gasteiger partial charge < -0.3 is 5.32 Å². The molecular weight excluding hydrogens is 328 g/mol. The van der Waals surface area contributed by atoms with Crippen LogP contribution >= 0.6 is 0 Å². The Bertz CT molecular complexity index is 996. The summed E-state index contributed by atoms with van der Waals surface area (Å²) in [6.07, 6.45) is 3.42. The number of rotatable bonds is 4. The summed E-state index contributed by atoms with van der Waals surface area (Å²) < 4.78 is 1.14. The van der Waals surface area contributed by atoms with Crippen molar-refractivity contribution < 1.29 is 4.79 Å². The summed E-state index contributed by atoms with van der Waals surface area (Å²) in [4.78, 5) is 28.4. The summed E-state index contributed by atoms with van der Waals surface area (Å²) >= 11 is 0. The quantitative estimate of drug-likeness (QED) is 0.785. The van der Waals surface area contributed by atoms with Crippen molar-refractivity contribution in [3.05, 3.63) is 93.2 Å². The van der Waals surface area contributed by atoms with Gasteiger partial charge in [0.1, 0.15) is 5.69 Å². The van der Waals surface area contributed by atoms with Gasteiger partial charge in [-0.25, -0.2) is 4.68 Å². The SMILES string of the molecule is Cc1ccc(C(NC(=O)c2ccc(=O)n(C)n2)c2cccnc2)cc1C. The molecule has 26 heavy (non-hydrogen) atoms. The number of benzene rings is 1. The summed E-state index contributed by atoms with van der Waals surface area (Å²) in [7, 11) is 1.51. The van der Waals surface area contributed by atoms with Crippen molar-refractivity contribution in [2.24, 2.45) is 7.05 Å². The lowest BCUT2D eigenvalue weighted by Gasteiger charge is -2.20. The van der Waals surface area contributed by atoms with Crippen molar-refractivity contribution in [2.75, 3.05) is 0 Å². The smallest absolute Gasteiger partial charge is 0.272 e. The Kier molecular flexibility index (Phi) is 4.93. The molecule has 0 spiro atoms. The predicted octanol–water partition coefficient (Wildman–Crippen LogP) is 2.31. The summed E-state index contributed by atoms with van der Waals surface area (Å²) in [5.74, 6) is -0.354. The standard InChI is InChI=1S/C20H20N4O2/c1-13-6-7-15(11-14(13)2)19(16-5-4-10-21-12-16)22-20(26)17-8-9-18(25)24(3)23-17/h4-12,19H,1-3H3,(H,22,26). The van der Waals surface area contributed by atoms with E-state index in [1.165, 1.54) is 24.7 Å². The molecule has 0 fully saturated rings. The van der Waals surface area contributed by atoms with Gasteiger partial charge in [-0.1, -0.05) is 24.3 Å². The van der Waals surface area contributed by atoms with Crippen LogP contribution in [0.3, 0.4) is 0 Å². The van der Waals surface area contributed by atoms with Crippen LogP contribution in [0, 0.1) is 13.8 Å². The number of pyridine rings is 1. The molecule has 6 heteroatoms. The second-order valence-corrected chi connectivity index (χ2v) is 6.22. The molecule has 1 aromatic carbocycles. The van der Waals surface area contributed by atoms with E-state index in [0.717, 1.165) is 21.4 Å². The third-order valence-electron chi connectivity index (χ3n) is 4.35. The maximum Gasteiger partial charge on any atom is 0.272 e.